The van der Waals surface area contributed by atoms with Crippen molar-refractivity contribution in [2.75, 3.05) is 4.90 Å². The lowest BCUT2D eigenvalue weighted by Crippen LogP contribution is -2.50. The number of carbonyl (C=O) groups excluding carboxylic acids is 2. The molecule has 3 rings (SSSR count). The number of benzene rings is 1. The largest absolute Gasteiger partial charge is 0.443 e. The number of rotatable bonds is 2. The molecule has 0 spiro atoms. The maximum Gasteiger partial charge on any atom is 0.415 e. The van der Waals surface area contributed by atoms with E-state index in [4.69, 9.17) is 4.74 Å². The van der Waals surface area contributed by atoms with Gasteiger partial charge in [-0.3, -0.25) is 9.69 Å². The first-order valence-corrected chi connectivity index (χ1v) is 9.76. The van der Waals surface area contributed by atoms with Crippen LogP contribution in [-0.2, 0) is 4.74 Å². The average Bonchev–Trinajstić information content (AvgIpc) is 3.01. The highest BCUT2D eigenvalue weighted by atomic mass is 32.1. The molecule has 1 aliphatic heterocycles. The summed E-state index contributed by atoms with van der Waals surface area (Å²) in [7, 11) is 0. The van der Waals surface area contributed by atoms with E-state index in [1.807, 2.05) is 58.9 Å². The first-order chi connectivity index (χ1) is 12.5. The minimum atomic E-state index is -0.564. The van der Waals surface area contributed by atoms with Gasteiger partial charge in [0.25, 0.3) is 0 Å². The summed E-state index contributed by atoms with van der Waals surface area (Å²) in [4.78, 5) is 27.4. The topological polar surface area (TPSA) is 46.6 Å². The number of thiophene rings is 1. The fourth-order valence-corrected chi connectivity index (χ4v) is 4.21. The molecule has 0 radical (unpaired) electrons. The third kappa shape index (κ3) is 3.83. The van der Waals surface area contributed by atoms with E-state index in [-0.39, 0.29) is 6.09 Å². The average molecular weight is 384 g/mol. The van der Waals surface area contributed by atoms with Crippen molar-refractivity contribution in [1.82, 2.24) is 0 Å². The molecule has 0 bridgehead atoms. The summed E-state index contributed by atoms with van der Waals surface area (Å²) in [5.74, 6) is 0. The molecule has 0 N–H and O–H groups in total. The maximum atomic E-state index is 12.9. The van der Waals surface area contributed by atoms with E-state index in [1.54, 1.807) is 4.90 Å². The van der Waals surface area contributed by atoms with E-state index in [9.17, 15) is 9.59 Å². The van der Waals surface area contributed by atoms with Crippen molar-refractivity contribution < 1.29 is 14.3 Å². The van der Waals surface area contributed by atoms with E-state index < -0.39 is 11.1 Å². The van der Waals surface area contributed by atoms with Gasteiger partial charge in [0.15, 0.2) is 6.29 Å². The lowest BCUT2D eigenvalue weighted by atomic mass is 9.88. The van der Waals surface area contributed by atoms with Gasteiger partial charge in [-0.2, -0.15) is 0 Å². The maximum absolute atomic E-state index is 12.9. The van der Waals surface area contributed by atoms with Crippen LogP contribution in [0.5, 0.6) is 0 Å². The molecule has 2 heterocycles. The van der Waals surface area contributed by atoms with Crippen LogP contribution in [0.15, 0.2) is 36.4 Å². The number of hydrogen-bond acceptors (Lipinski definition) is 4. The quantitative estimate of drug-likeness (QED) is 0.583. The van der Waals surface area contributed by atoms with Crippen molar-refractivity contribution in [2.24, 2.45) is 0 Å². The Bertz CT molecular complexity index is 931. The summed E-state index contributed by atoms with van der Waals surface area (Å²) in [6, 6.07) is 9.81. The number of allylic oxidation sites excluding steroid dienone is 1. The molecule has 1 aliphatic rings. The number of anilines is 1. The number of amides is 1. The molecule has 4 nitrogen and oxygen atoms in total. The highest BCUT2D eigenvalue weighted by molar-refractivity contribution is 7.17. The summed E-state index contributed by atoms with van der Waals surface area (Å²) in [6.45, 7) is 11.7. The Labute approximate surface area is 164 Å². The van der Waals surface area contributed by atoms with Gasteiger partial charge < -0.3 is 4.74 Å². The van der Waals surface area contributed by atoms with Gasteiger partial charge in [0.05, 0.1) is 16.1 Å². The van der Waals surface area contributed by atoms with Crippen LogP contribution in [0.3, 0.4) is 0 Å². The highest BCUT2D eigenvalue weighted by Gasteiger charge is 2.38. The number of ether oxygens (including phenoxy) is 1. The van der Waals surface area contributed by atoms with Crippen LogP contribution in [0.4, 0.5) is 10.5 Å². The number of nitrogens with zero attached hydrogens (tertiary/aromatic N) is 1. The van der Waals surface area contributed by atoms with Crippen LogP contribution >= 0.6 is 11.3 Å². The van der Waals surface area contributed by atoms with Gasteiger partial charge in [-0.1, -0.05) is 12.1 Å². The van der Waals surface area contributed by atoms with Gasteiger partial charge in [0.1, 0.15) is 5.60 Å². The molecule has 2 aromatic rings. The van der Waals surface area contributed by atoms with Gasteiger partial charge in [-0.15, -0.1) is 11.3 Å². The molecule has 1 aromatic heterocycles. The number of aldehydes is 1. The SMILES string of the molecule is CC1=CC(C)(C)N(C(=O)OC(C)(C)C)c2ccc(-c3ccc(C=O)s3)cc21. The van der Waals surface area contributed by atoms with Gasteiger partial charge in [-0.25, -0.2) is 4.79 Å². The zero-order valence-corrected chi connectivity index (χ0v) is 17.4. The molecule has 1 amide bonds. The second-order valence-corrected chi connectivity index (χ2v) is 9.46. The Kier molecular flexibility index (Phi) is 4.76. The van der Waals surface area contributed by atoms with Crippen molar-refractivity contribution in [3.8, 4) is 10.4 Å². The van der Waals surface area contributed by atoms with Crippen molar-refractivity contribution in [2.45, 2.75) is 52.7 Å². The first kappa shape index (κ1) is 19.4. The summed E-state index contributed by atoms with van der Waals surface area (Å²) >= 11 is 1.46. The van der Waals surface area contributed by atoms with E-state index in [2.05, 4.69) is 19.1 Å². The Balaban J connectivity index is 2.08. The fraction of sp³-hybridized carbons (Fsp3) is 0.364. The second kappa shape index (κ2) is 6.64. The highest BCUT2D eigenvalue weighted by Crippen LogP contribution is 2.42. The zero-order valence-electron chi connectivity index (χ0n) is 16.6. The number of hydrogen-bond donors (Lipinski definition) is 0. The molecule has 27 heavy (non-hydrogen) atoms. The monoisotopic (exact) mass is 383 g/mol. The summed E-state index contributed by atoms with van der Waals surface area (Å²) in [5.41, 5.74) is 2.93. The molecular weight excluding hydrogens is 358 g/mol. The molecule has 142 valence electrons. The van der Waals surface area contributed by atoms with Crippen LogP contribution < -0.4 is 4.90 Å². The van der Waals surface area contributed by atoms with Crippen molar-refractivity contribution in [3.63, 3.8) is 0 Å². The molecule has 0 fully saturated rings. The third-order valence-corrected chi connectivity index (χ3v) is 5.47. The predicted octanol–water partition coefficient (Wildman–Crippen LogP) is 6.16. The first-order valence-electron chi connectivity index (χ1n) is 8.94. The Hall–Kier alpha value is -2.40. The fourth-order valence-electron chi connectivity index (χ4n) is 3.40. The second-order valence-electron chi connectivity index (χ2n) is 8.35. The summed E-state index contributed by atoms with van der Waals surface area (Å²) in [6.07, 6.45) is 2.60. The Morgan fingerprint density at radius 2 is 1.89 bits per heavy atom. The molecule has 0 saturated heterocycles. The Morgan fingerprint density at radius 3 is 2.48 bits per heavy atom. The smallest absolute Gasteiger partial charge is 0.415 e. The normalized spacial score (nSPS) is 15.8. The third-order valence-electron chi connectivity index (χ3n) is 4.41. The molecule has 5 heteroatoms. The van der Waals surface area contributed by atoms with E-state index >= 15 is 0 Å². The van der Waals surface area contributed by atoms with E-state index in [0.717, 1.165) is 33.6 Å². The van der Waals surface area contributed by atoms with Crippen LogP contribution in [0.2, 0.25) is 0 Å². The summed E-state index contributed by atoms with van der Waals surface area (Å²) in [5, 5.41) is 0. The van der Waals surface area contributed by atoms with Crippen LogP contribution in [0.1, 0.15) is 56.8 Å². The molecular formula is C22H25NO3S. The van der Waals surface area contributed by atoms with Crippen LogP contribution in [-0.4, -0.2) is 23.5 Å². The van der Waals surface area contributed by atoms with Crippen LogP contribution in [0.25, 0.3) is 16.0 Å². The number of carbonyl (C=O) groups is 2. The van der Waals surface area contributed by atoms with Crippen molar-refractivity contribution in [1.29, 1.82) is 0 Å². The molecule has 1 aromatic carbocycles. The van der Waals surface area contributed by atoms with E-state index in [1.165, 1.54) is 11.3 Å². The van der Waals surface area contributed by atoms with Gasteiger partial charge >= 0.3 is 6.09 Å². The predicted molar refractivity (Wildman–Crippen MR) is 112 cm³/mol. The zero-order chi connectivity index (χ0) is 20.0. The lowest BCUT2D eigenvalue weighted by molar-refractivity contribution is 0.0556. The van der Waals surface area contributed by atoms with Crippen LogP contribution in [0, 0.1) is 0 Å². The van der Waals surface area contributed by atoms with Gasteiger partial charge in [-0.05, 0) is 76.9 Å². The minimum Gasteiger partial charge on any atom is -0.443 e. The lowest BCUT2D eigenvalue weighted by Gasteiger charge is -2.41. The molecule has 0 aliphatic carbocycles. The summed E-state index contributed by atoms with van der Waals surface area (Å²) < 4.78 is 5.66. The molecule has 0 unspecified atom stereocenters. The van der Waals surface area contributed by atoms with Gasteiger partial charge in [0, 0.05) is 10.4 Å². The van der Waals surface area contributed by atoms with Gasteiger partial charge in [0.2, 0.25) is 0 Å². The standard InChI is InChI=1S/C22H25NO3S/c1-14-12-22(5,6)23(20(25)26-21(2,3)4)18-9-7-15(11-17(14)18)19-10-8-16(13-24)27-19/h7-13H,1-6H3. The molecule has 0 atom stereocenters. The van der Waals surface area contributed by atoms with Crippen molar-refractivity contribution in [3.05, 3.63) is 46.8 Å². The minimum absolute atomic E-state index is 0.357. The molecule has 0 saturated carbocycles. The van der Waals surface area contributed by atoms with Crippen molar-refractivity contribution >= 4 is 35.0 Å². The number of fused-ring (bicyclic) bond motifs is 1. The van der Waals surface area contributed by atoms with E-state index in [0.29, 0.717) is 4.88 Å². The Morgan fingerprint density at radius 1 is 1.19 bits per heavy atom.